The highest BCUT2D eigenvalue weighted by atomic mass is 35.5. The van der Waals surface area contributed by atoms with Crippen molar-refractivity contribution in [3.8, 4) is 0 Å². The van der Waals surface area contributed by atoms with E-state index in [-0.39, 0.29) is 29.5 Å². The number of hydrogen-bond acceptors (Lipinski definition) is 9. The summed E-state index contributed by atoms with van der Waals surface area (Å²) in [5.74, 6) is -2.09. The number of sulfonamides is 2. The number of carbonyl (C=O) groups is 3. The van der Waals surface area contributed by atoms with Gasteiger partial charge in [-0.3, -0.25) is 14.9 Å². The van der Waals surface area contributed by atoms with E-state index < -0.39 is 60.9 Å². The second-order valence-electron chi connectivity index (χ2n) is 8.75. The van der Waals surface area contributed by atoms with Gasteiger partial charge in [0, 0.05) is 13.1 Å². The molecule has 0 spiro atoms. The van der Waals surface area contributed by atoms with Gasteiger partial charge in [-0.15, -0.1) is 0 Å². The standard InChI is InChI=1S/C22H33ClN4O9S2/c1-3-36-22(31)17(26-14(2)20(28)27-12-6-8-18(27)21(29)30)7-4-5-11-25-38(34,35)15-9-10-16(23)19(13-15)37(24,32)33/h9-10,13-14,17-18,25-26H,3-8,11-12H2,1-2H3,(H,29,30)(H2,24,32,33)/t14-,17-,18-/m0/s1. The third-order valence-electron chi connectivity index (χ3n) is 5.94. The molecule has 0 bridgehead atoms. The summed E-state index contributed by atoms with van der Waals surface area (Å²) in [6, 6.07) is 0.518. The smallest absolute Gasteiger partial charge is 0.326 e. The van der Waals surface area contributed by atoms with Gasteiger partial charge >= 0.3 is 11.9 Å². The summed E-state index contributed by atoms with van der Waals surface area (Å²) in [7, 11) is -8.30. The first kappa shape index (κ1) is 31.9. The monoisotopic (exact) mass is 596 g/mol. The fourth-order valence-electron chi connectivity index (χ4n) is 4.05. The molecule has 5 N–H and O–H groups in total. The lowest BCUT2D eigenvalue weighted by molar-refractivity contribution is -0.150. The number of rotatable bonds is 14. The highest BCUT2D eigenvalue weighted by Gasteiger charge is 2.37. The molecule has 1 aromatic rings. The molecule has 1 saturated heterocycles. The Balaban J connectivity index is 1.96. The van der Waals surface area contributed by atoms with Crippen LogP contribution in [-0.4, -0.2) is 82.5 Å². The summed E-state index contributed by atoms with van der Waals surface area (Å²) in [4.78, 5) is 37.1. The van der Waals surface area contributed by atoms with E-state index in [1.165, 1.54) is 4.90 Å². The molecular formula is C22H33ClN4O9S2. The van der Waals surface area contributed by atoms with E-state index in [0.29, 0.717) is 32.2 Å². The van der Waals surface area contributed by atoms with E-state index in [2.05, 4.69) is 10.0 Å². The Kier molecular flexibility index (Phi) is 11.5. The predicted molar refractivity (Wildman–Crippen MR) is 137 cm³/mol. The summed E-state index contributed by atoms with van der Waals surface area (Å²) >= 11 is 5.80. The molecule has 2 rings (SSSR count). The average molecular weight is 597 g/mol. The molecule has 0 unspecified atom stereocenters. The molecule has 38 heavy (non-hydrogen) atoms. The van der Waals surface area contributed by atoms with Crippen LogP contribution in [0.15, 0.2) is 28.0 Å². The number of ether oxygens (including phenoxy) is 1. The Morgan fingerprint density at radius 2 is 1.92 bits per heavy atom. The zero-order chi connectivity index (χ0) is 28.7. The number of halogens is 1. The zero-order valence-electron chi connectivity index (χ0n) is 21.1. The van der Waals surface area contributed by atoms with Crippen molar-refractivity contribution >= 4 is 49.5 Å². The minimum atomic E-state index is -4.23. The number of nitrogens with two attached hydrogens (primary N) is 1. The lowest BCUT2D eigenvalue weighted by Crippen LogP contribution is -2.53. The molecule has 16 heteroatoms. The van der Waals surface area contributed by atoms with Crippen LogP contribution in [0.4, 0.5) is 0 Å². The molecule has 1 aromatic carbocycles. The number of carbonyl (C=O) groups excluding carboxylic acids is 2. The Morgan fingerprint density at radius 1 is 1.24 bits per heavy atom. The lowest BCUT2D eigenvalue weighted by Gasteiger charge is -2.27. The van der Waals surface area contributed by atoms with Gasteiger partial charge in [0.2, 0.25) is 26.0 Å². The fourth-order valence-corrected chi connectivity index (χ4v) is 6.30. The van der Waals surface area contributed by atoms with Crippen LogP contribution in [0.5, 0.6) is 0 Å². The number of nitrogens with one attached hydrogen (secondary N) is 2. The second kappa shape index (κ2) is 13.7. The van der Waals surface area contributed by atoms with E-state index >= 15 is 0 Å². The van der Waals surface area contributed by atoms with Crippen LogP contribution in [0.2, 0.25) is 5.02 Å². The van der Waals surface area contributed by atoms with Gasteiger partial charge in [-0.05, 0) is 64.2 Å². The number of primary sulfonamides is 1. The molecule has 0 saturated carbocycles. The predicted octanol–water partition coefficient (Wildman–Crippen LogP) is 0.421. The minimum Gasteiger partial charge on any atom is -0.480 e. The van der Waals surface area contributed by atoms with Gasteiger partial charge in [-0.1, -0.05) is 11.6 Å². The van der Waals surface area contributed by atoms with Crippen LogP contribution >= 0.6 is 11.6 Å². The molecule has 13 nitrogen and oxygen atoms in total. The number of hydrogen-bond donors (Lipinski definition) is 4. The largest absolute Gasteiger partial charge is 0.480 e. The molecular weight excluding hydrogens is 564 g/mol. The quantitative estimate of drug-likeness (QED) is 0.172. The van der Waals surface area contributed by atoms with E-state index in [9.17, 15) is 36.3 Å². The van der Waals surface area contributed by atoms with Crippen LogP contribution in [-0.2, 0) is 39.2 Å². The van der Waals surface area contributed by atoms with Gasteiger partial charge in [0.25, 0.3) is 0 Å². The van der Waals surface area contributed by atoms with Crippen LogP contribution in [0.1, 0.15) is 46.0 Å². The van der Waals surface area contributed by atoms with E-state index in [0.717, 1.165) is 18.2 Å². The molecule has 0 radical (unpaired) electrons. The van der Waals surface area contributed by atoms with Crippen LogP contribution in [0.3, 0.4) is 0 Å². The zero-order valence-corrected chi connectivity index (χ0v) is 23.4. The van der Waals surface area contributed by atoms with Gasteiger partial charge in [-0.25, -0.2) is 31.5 Å². The summed E-state index contributed by atoms with van der Waals surface area (Å²) < 4.78 is 55.8. The maximum absolute atomic E-state index is 12.8. The third-order valence-corrected chi connectivity index (χ3v) is 8.80. The Hall–Kier alpha value is -2.30. The van der Waals surface area contributed by atoms with Crippen LogP contribution in [0, 0.1) is 0 Å². The topological polar surface area (TPSA) is 202 Å². The lowest BCUT2D eigenvalue weighted by atomic mass is 10.1. The summed E-state index contributed by atoms with van der Waals surface area (Å²) in [5, 5.41) is 17.1. The van der Waals surface area contributed by atoms with Crippen molar-refractivity contribution in [2.24, 2.45) is 5.14 Å². The molecule has 0 aliphatic carbocycles. The van der Waals surface area contributed by atoms with Gasteiger partial charge < -0.3 is 14.7 Å². The first-order valence-corrected chi connectivity index (χ1v) is 15.4. The Labute approximate surface area is 227 Å². The molecule has 1 fully saturated rings. The first-order valence-electron chi connectivity index (χ1n) is 12.0. The Bertz CT molecular complexity index is 1240. The van der Waals surface area contributed by atoms with Crippen molar-refractivity contribution in [3.05, 3.63) is 23.2 Å². The number of esters is 1. The highest BCUT2D eigenvalue weighted by molar-refractivity contribution is 7.90. The van der Waals surface area contributed by atoms with Crippen molar-refractivity contribution in [2.45, 2.75) is 73.9 Å². The number of amides is 1. The number of unbranched alkanes of at least 4 members (excludes halogenated alkanes) is 1. The molecule has 1 heterocycles. The van der Waals surface area contributed by atoms with Crippen molar-refractivity contribution in [2.75, 3.05) is 19.7 Å². The average Bonchev–Trinajstić information content (AvgIpc) is 3.32. The number of carboxylic acid groups (broad SMARTS) is 1. The first-order chi connectivity index (χ1) is 17.7. The van der Waals surface area contributed by atoms with Gasteiger partial charge in [0.1, 0.15) is 17.0 Å². The molecule has 1 aliphatic rings. The SMILES string of the molecule is CCOC(=O)[C@H](CCCCNS(=O)(=O)c1ccc(Cl)c(S(N)(=O)=O)c1)N[C@@H](C)C(=O)N1CCC[C@H]1C(=O)O. The molecule has 1 aliphatic heterocycles. The fraction of sp³-hybridized carbons (Fsp3) is 0.591. The molecule has 214 valence electrons. The number of nitrogens with zero attached hydrogens (tertiary/aromatic N) is 1. The van der Waals surface area contributed by atoms with Gasteiger partial charge in [0.15, 0.2) is 0 Å². The second-order valence-corrected chi connectivity index (χ2v) is 12.5. The number of aliphatic carboxylic acids is 1. The third kappa shape index (κ3) is 8.61. The van der Waals surface area contributed by atoms with Crippen LogP contribution < -0.4 is 15.2 Å². The van der Waals surface area contributed by atoms with Gasteiger partial charge in [-0.2, -0.15) is 0 Å². The van der Waals surface area contributed by atoms with Gasteiger partial charge in [0.05, 0.1) is 22.6 Å². The van der Waals surface area contributed by atoms with Crippen molar-refractivity contribution in [1.82, 2.24) is 14.9 Å². The maximum Gasteiger partial charge on any atom is 0.326 e. The number of likely N-dealkylation sites (tertiary alicyclic amines) is 1. The maximum atomic E-state index is 12.8. The van der Waals surface area contributed by atoms with Crippen LogP contribution in [0.25, 0.3) is 0 Å². The molecule has 0 aromatic heterocycles. The normalized spacial score (nSPS) is 17.7. The van der Waals surface area contributed by atoms with Crippen molar-refractivity contribution < 1.29 is 41.1 Å². The number of carboxylic acids is 1. The van der Waals surface area contributed by atoms with Crippen molar-refractivity contribution in [3.63, 3.8) is 0 Å². The number of benzene rings is 1. The summed E-state index contributed by atoms with van der Waals surface area (Å²) in [6.07, 6.45) is 1.83. The Morgan fingerprint density at radius 3 is 2.53 bits per heavy atom. The summed E-state index contributed by atoms with van der Waals surface area (Å²) in [6.45, 7) is 3.60. The molecule has 3 atom stereocenters. The van der Waals surface area contributed by atoms with E-state index in [1.807, 2.05) is 0 Å². The van der Waals surface area contributed by atoms with E-state index in [1.54, 1.807) is 13.8 Å². The highest BCUT2D eigenvalue weighted by Crippen LogP contribution is 2.24. The van der Waals surface area contributed by atoms with Crippen molar-refractivity contribution in [1.29, 1.82) is 0 Å². The molecule has 1 amide bonds. The minimum absolute atomic E-state index is 0.0201. The van der Waals surface area contributed by atoms with E-state index in [4.69, 9.17) is 21.5 Å². The summed E-state index contributed by atoms with van der Waals surface area (Å²) in [5.41, 5.74) is 0.